The first-order valence-corrected chi connectivity index (χ1v) is 9.35. The Hall–Kier alpha value is -2.46. The smallest absolute Gasteiger partial charge is 0.124 e. The molecule has 2 nitrogen and oxygen atoms in total. The molecule has 126 valence electrons. The number of thiazole rings is 1. The molecular formula is C21H19FN2S. The molecule has 1 aromatic heterocycles. The van der Waals surface area contributed by atoms with Crippen LogP contribution >= 0.6 is 11.3 Å². The molecule has 1 saturated heterocycles. The van der Waals surface area contributed by atoms with Crippen LogP contribution < -0.4 is 4.90 Å². The lowest BCUT2D eigenvalue weighted by Crippen LogP contribution is -2.17. The maximum absolute atomic E-state index is 13.2. The normalized spacial score (nSPS) is 15.2. The van der Waals surface area contributed by atoms with Crippen molar-refractivity contribution in [3.8, 4) is 0 Å². The van der Waals surface area contributed by atoms with Gasteiger partial charge in [0.15, 0.2) is 0 Å². The fourth-order valence-electron chi connectivity index (χ4n) is 3.06. The molecule has 0 radical (unpaired) electrons. The van der Waals surface area contributed by atoms with Crippen LogP contribution in [0.1, 0.15) is 23.4 Å². The average Bonchev–Trinajstić information content (AvgIpc) is 3.28. The number of hydrogen-bond acceptors (Lipinski definition) is 3. The van der Waals surface area contributed by atoms with Gasteiger partial charge >= 0.3 is 0 Å². The highest BCUT2D eigenvalue weighted by atomic mass is 32.1. The molecule has 25 heavy (non-hydrogen) atoms. The Kier molecular flexibility index (Phi) is 4.61. The van der Waals surface area contributed by atoms with E-state index in [0.29, 0.717) is 0 Å². The lowest BCUT2D eigenvalue weighted by Gasteiger charge is -2.17. The summed E-state index contributed by atoms with van der Waals surface area (Å²) < 4.78 is 14.1. The van der Waals surface area contributed by atoms with Gasteiger partial charge < -0.3 is 4.90 Å². The van der Waals surface area contributed by atoms with E-state index in [1.54, 1.807) is 6.07 Å². The van der Waals surface area contributed by atoms with E-state index in [1.807, 2.05) is 18.2 Å². The van der Waals surface area contributed by atoms with Crippen LogP contribution in [-0.2, 0) is 0 Å². The number of halogens is 1. The van der Waals surface area contributed by atoms with Crippen molar-refractivity contribution in [2.45, 2.75) is 12.8 Å². The van der Waals surface area contributed by atoms with E-state index in [2.05, 4.69) is 40.2 Å². The molecule has 0 atom stereocenters. The molecule has 0 spiro atoms. The zero-order valence-electron chi connectivity index (χ0n) is 13.9. The molecule has 2 heterocycles. The van der Waals surface area contributed by atoms with E-state index in [4.69, 9.17) is 0 Å². The number of rotatable bonds is 4. The van der Waals surface area contributed by atoms with Crippen molar-refractivity contribution in [2.75, 3.05) is 18.0 Å². The minimum atomic E-state index is -0.219. The van der Waals surface area contributed by atoms with Gasteiger partial charge in [-0.05, 0) is 54.8 Å². The molecule has 2 aromatic carbocycles. The first kappa shape index (κ1) is 16.0. The highest BCUT2D eigenvalue weighted by Gasteiger charge is 2.11. The highest BCUT2D eigenvalue weighted by molar-refractivity contribution is 7.19. The summed E-state index contributed by atoms with van der Waals surface area (Å²) >= 11 is 1.50. The van der Waals surface area contributed by atoms with Crippen molar-refractivity contribution in [3.63, 3.8) is 0 Å². The number of anilines is 1. The molecular weight excluding hydrogens is 331 g/mol. The lowest BCUT2D eigenvalue weighted by atomic mass is 10.2. The third kappa shape index (κ3) is 3.80. The Labute approximate surface area is 150 Å². The zero-order chi connectivity index (χ0) is 17.1. The molecule has 4 heteroatoms. The van der Waals surface area contributed by atoms with E-state index in [9.17, 15) is 4.39 Å². The van der Waals surface area contributed by atoms with Gasteiger partial charge in [-0.15, -0.1) is 11.3 Å². The van der Waals surface area contributed by atoms with Crippen molar-refractivity contribution >= 4 is 39.4 Å². The summed E-state index contributed by atoms with van der Waals surface area (Å²) in [5, 5.41) is 0.884. The topological polar surface area (TPSA) is 16.1 Å². The maximum Gasteiger partial charge on any atom is 0.124 e. The van der Waals surface area contributed by atoms with Gasteiger partial charge in [-0.3, -0.25) is 0 Å². The molecule has 0 unspecified atom stereocenters. The molecule has 0 saturated carbocycles. The fraction of sp³-hybridized carbons (Fsp3) is 0.190. The highest BCUT2D eigenvalue weighted by Crippen LogP contribution is 2.24. The Bertz CT molecular complexity index is 919. The van der Waals surface area contributed by atoms with Crippen LogP contribution in [0.25, 0.3) is 22.4 Å². The SMILES string of the molecule is Fc1ccc2nc(C=CC=Cc3ccc(N4CCCC4)cc3)sc2c1. The van der Waals surface area contributed by atoms with Crippen LogP contribution in [0.3, 0.4) is 0 Å². The van der Waals surface area contributed by atoms with Crippen LogP contribution in [-0.4, -0.2) is 18.1 Å². The van der Waals surface area contributed by atoms with Gasteiger partial charge in [0.05, 0.1) is 10.2 Å². The predicted molar refractivity (Wildman–Crippen MR) is 106 cm³/mol. The van der Waals surface area contributed by atoms with Gasteiger partial charge in [-0.1, -0.05) is 30.4 Å². The monoisotopic (exact) mass is 350 g/mol. The molecule has 1 aliphatic heterocycles. The van der Waals surface area contributed by atoms with Crippen LogP contribution in [0.2, 0.25) is 0 Å². The number of allylic oxidation sites excluding steroid dienone is 2. The van der Waals surface area contributed by atoms with E-state index in [0.717, 1.165) is 15.2 Å². The zero-order valence-corrected chi connectivity index (χ0v) is 14.7. The van der Waals surface area contributed by atoms with Gasteiger partial charge in [-0.2, -0.15) is 0 Å². The second kappa shape index (κ2) is 7.19. The third-order valence-corrected chi connectivity index (χ3v) is 5.35. The predicted octanol–water partition coefficient (Wildman–Crippen LogP) is 5.76. The van der Waals surface area contributed by atoms with Gasteiger partial charge in [0, 0.05) is 18.8 Å². The van der Waals surface area contributed by atoms with Crippen LogP contribution in [0, 0.1) is 5.82 Å². The van der Waals surface area contributed by atoms with E-state index in [-0.39, 0.29) is 5.82 Å². The summed E-state index contributed by atoms with van der Waals surface area (Å²) in [7, 11) is 0. The van der Waals surface area contributed by atoms with Crippen LogP contribution in [0.4, 0.5) is 10.1 Å². The third-order valence-electron chi connectivity index (χ3n) is 4.37. The van der Waals surface area contributed by atoms with Gasteiger partial charge in [0.2, 0.25) is 0 Å². The minimum absolute atomic E-state index is 0.219. The van der Waals surface area contributed by atoms with E-state index < -0.39 is 0 Å². The first-order chi connectivity index (χ1) is 12.3. The van der Waals surface area contributed by atoms with Crippen molar-refractivity contribution in [3.05, 3.63) is 71.0 Å². The van der Waals surface area contributed by atoms with Crippen molar-refractivity contribution < 1.29 is 4.39 Å². The molecule has 0 bridgehead atoms. The van der Waals surface area contributed by atoms with Gasteiger partial charge in [0.1, 0.15) is 10.8 Å². The number of fused-ring (bicyclic) bond motifs is 1. The quantitative estimate of drug-likeness (QED) is 0.556. The van der Waals surface area contributed by atoms with Crippen LogP contribution in [0.15, 0.2) is 54.6 Å². The van der Waals surface area contributed by atoms with Gasteiger partial charge in [0.25, 0.3) is 0 Å². The van der Waals surface area contributed by atoms with E-state index >= 15 is 0 Å². The summed E-state index contributed by atoms with van der Waals surface area (Å²) in [6.45, 7) is 2.34. The summed E-state index contributed by atoms with van der Waals surface area (Å²) in [6.07, 6.45) is 10.6. The van der Waals surface area contributed by atoms with E-state index in [1.165, 1.54) is 60.7 Å². The van der Waals surface area contributed by atoms with Crippen molar-refractivity contribution in [2.24, 2.45) is 0 Å². The Morgan fingerprint density at radius 1 is 0.960 bits per heavy atom. The van der Waals surface area contributed by atoms with Crippen LogP contribution in [0.5, 0.6) is 0 Å². The largest absolute Gasteiger partial charge is 0.372 e. The molecule has 1 aliphatic rings. The van der Waals surface area contributed by atoms with Gasteiger partial charge in [-0.25, -0.2) is 9.37 Å². The van der Waals surface area contributed by atoms with Crippen molar-refractivity contribution in [1.82, 2.24) is 4.98 Å². The lowest BCUT2D eigenvalue weighted by molar-refractivity contribution is 0.630. The molecule has 1 fully saturated rings. The second-order valence-corrected chi connectivity index (χ2v) is 7.23. The Morgan fingerprint density at radius 3 is 2.52 bits per heavy atom. The van der Waals surface area contributed by atoms with Crippen molar-refractivity contribution in [1.29, 1.82) is 0 Å². The number of hydrogen-bond donors (Lipinski definition) is 0. The average molecular weight is 350 g/mol. The standard InChI is InChI=1S/C21H19FN2S/c22-17-9-12-19-20(15-17)25-21(23-19)6-2-1-5-16-7-10-18(11-8-16)24-13-3-4-14-24/h1-2,5-12,15H,3-4,13-14H2. The second-order valence-electron chi connectivity index (χ2n) is 6.17. The summed E-state index contributed by atoms with van der Waals surface area (Å²) in [4.78, 5) is 6.91. The summed E-state index contributed by atoms with van der Waals surface area (Å²) in [6, 6.07) is 13.4. The summed E-state index contributed by atoms with van der Waals surface area (Å²) in [5.74, 6) is -0.219. The summed E-state index contributed by atoms with van der Waals surface area (Å²) in [5.41, 5.74) is 3.33. The molecule has 0 aliphatic carbocycles. The maximum atomic E-state index is 13.2. The molecule has 3 aromatic rings. The number of benzene rings is 2. The Morgan fingerprint density at radius 2 is 1.72 bits per heavy atom. The number of nitrogens with zero attached hydrogens (tertiary/aromatic N) is 2. The minimum Gasteiger partial charge on any atom is -0.372 e. The fourth-order valence-corrected chi connectivity index (χ4v) is 3.97. The molecule has 4 rings (SSSR count). The molecule has 0 N–H and O–H groups in total. The molecule has 0 amide bonds. The number of aromatic nitrogens is 1. The first-order valence-electron chi connectivity index (χ1n) is 8.54. The Balaban J connectivity index is 1.41.